The van der Waals surface area contributed by atoms with Crippen molar-refractivity contribution in [2.24, 2.45) is 0 Å². The van der Waals surface area contributed by atoms with Crippen molar-refractivity contribution in [3.05, 3.63) is 24.0 Å². The lowest BCUT2D eigenvalue weighted by Gasteiger charge is -2.34. The van der Waals surface area contributed by atoms with E-state index < -0.39 is 6.09 Å². The number of amides is 1. The standard InChI is InChI=1S/C12H17N3O2/c1-9-4-5-11(7-13-9)15-6-2-3-10(8-15)14-12(16)17/h4-5,7,10,14H,2-3,6,8H2,1H3,(H,16,17)/t10-/m0/s1. The van der Waals surface area contributed by atoms with Crippen molar-refractivity contribution in [2.75, 3.05) is 18.0 Å². The molecule has 0 radical (unpaired) electrons. The van der Waals surface area contributed by atoms with Gasteiger partial charge in [0.2, 0.25) is 0 Å². The summed E-state index contributed by atoms with van der Waals surface area (Å²) in [6.07, 6.45) is 2.80. The summed E-state index contributed by atoms with van der Waals surface area (Å²) in [4.78, 5) is 17.1. The third-order valence-electron chi connectivity index (χ3n) is 3.01. The number of hydrogen-bond donors (Lipinski definition) is 2. The van der Waals surface area contributed by atoms with E-state index in [1.54, 1.807) is 0 Å². The summed E-state index contributed by atoms with van der Waals surface area (Å²) in [6.45, 7) is 3.63. The number of piperidine rings is 1. The third-order valence-corrected chi connectivity index (χ3v) is 3.01. The van der Waals surface area contributed by atoms with Crippen LogP contribution in [0.15, 0.2) is 18.3 Å². The molecule has 0 aromatic carbocycles. The van der Waals surface area contributed by atoms with Crippen molar-refractivity contribution in [3.8, 4) is 0 Å². The van der Waals surface area contributed by atoms with Crippen LogP contribution in [-0.2, 0) is 0 Å². The van der Waals surface area contributed by atoms with Crippen LogP contribution < -0.4 is 10.2 Å². The molecule has 0 unspecified atom stereocenters. The van der Waals surface area contributed by atoms with Crippen LogP contribution in [0, 0.1) is 6.92 Å². The first-order valence-corrected chi connectivity index (χ1v) is 5.82. The molecule has 0 spiro atoms. The monoisotopic (exact) mass is 235 g/mol. The van der Waals surface area contributed by atoms with E-state index in [0.717, 1.165) is 37.3 Å². The second-order valence-corrected chi connectivity index (χ2v) is 4.39. The molecule has 1 saturated heterocycles. The molecule has 0 aliphatic carbocycles. The molecule has 17 heavy (non-hydrogen) atoms. The second-order valence-electron chi connectivity index (χ2n) is 4.39. The Morgan fingerprint density at radius 3 is 3.06 bits per heavy atom. The van der Waals surface area contributed by atoms with E-state index >= 15 is 0 Å². The van der Waals surface area contributed by atoms with Gasteiger partial charge in [-0.3, -0.25) is 4.98 Å². The Kier molecular flexibility index (Phi) is 3.46. The fourth-order valence-corrected chi connectivity index (χ4v) is 2.15. The smallest absolute Gasteiger partial charge is 0.404 e. The number of anilines is 1. The number of hydrogen-bond acceptors (Lipinski definition) is 3. The first-order chi connectivity index (χ1) is 8.15. The maximum Gasteiger partial charge on any atom is 0.404 e. The molecule has 1 aliphatic rings. The van der Waals surface area contributed by atoms with Gasteiger partial charge in [-0.25, -0.2) is 4.79 Å². The number of aromatic nitrogens is 1. The quantitative estimate of drug-likeness (QED) is 0.817. The number of pyridine rings is 1. The Balaban J connectivity index is 2.01. The molecule has 1 fully saturated rings. The van der Waals surface area contributed by atoms with Gasteiger partial charge < -0.3 is 15.3 Å². The van der Waals surface area contributed by atoms with E-state index in [-0.39, 0.29) is 6.04 Å². The minimum Gasteiger partial charge on any atom is -0.465 e. The van der Waals surface area contributed by atoms with Crippen molar-refractivity contribution in [2.45, 2.75) is 25.8 Å². The molecule has 2 N–H and O–H groups in total. The molecule has 1 aromatic heterocycles. The number of nitrogens with one attached hydrogen (secondary N) is 1. The number of aryl methyl sites for hydroxylation is 1. The highest BCUT2D eigenvalue weighted by Gasteiger charge is 2.21. The number of rotatable bonds is 2. The van der Waals surface area contributed by atoms with Gasteiger partial charge in [0.15, 0.2) is 0 Å². The molecule has 5 nitrogen and oxygen atoms in total. The Labute approximate surface area is 100 Å². The molecule has 92 valence electrons. The van der Waals surface area contributed by atoms with E-state index in [4.69, 9.17) is 5.11 Å². The summed E-state index contributed by atoms with van der Waals surface area (Å²) in [7, 11) is 0. The van der Waals surface area contributed by atoms with Crippen molar-refractivity contribution in [1.82, 2.24) is 10.3 Å². The highest BCUT2D eigenvalue weighted by molar-refractivity contribution is 5.65. The van der Waals surface area contributed by atoms with Gasteiger partial charge in [0.1, 0.15) is 0 Å². The van der Waals surface area contributed by atoms with Gasteiger partial charge >= 0.3 is 6.09 Å². The normalized spacial score (nSPS) is 20.1. The molecule has 1 amide bonds. The van der Waals surface area contributed by atoms with E-state index in [1.165, 1.54) is 0 Å². The maximum atomic E-state index is 10.6. The van der Waals surface area contributed by atoms with Gasteiger partial charge in [-0.05, 0) is 31.9 Å². The van der Waals surface area contributed by atoms with Crippen LogP contribution >= 0.6 is 0 Å². The van der Waals surface area contributed by atoms with Crippen molar-refractivity contribution in [3.63, 3.8) is 0 Å². The van der Waals surface area contributed by atoms with Crippen LogP contribution in [0.1, 0.15) is 18.5 Å². The average Bonchev–Trinajstić information content (AvgIpc) is 2.29. The summed E-state index contributed by atoms with van der Waals surface area (Å²) in [6, 6.07) is 4.03. The fourth-order valence-electron chi connectivity index (χ4n) is 2.15. The van der Waals surface area contributed by atoms with Crippen molar-refractivity contribution in [1.29, 1.82) is 0 Å². The Morgan fingerprint density at radius 2 is 2.41 bits per heavy atom. The minimum absolute atomic E-state index is 0.0163. The SMILES string of the molecule is Cc1ccc(N2CCC[C@H](NC(=O)O)C2)cn1. The fraction of sp³-hybridized carbons (Fsp3) is 0.500. The van der Waals surface area contributed by atoms with E-state index in [0.29, 0.717) is 0 Å². The first-order valence-electron chi connectivity index (χ1n) is 5.82. The predicted molar refractivity (Wildman–Crippen MR) is 65.4 cm³/mol. The maximum absolute atomic E-state index is 10.6. The Hall–Kier alpha value is -1.78. The molecule has 1 atom stereocenters. The van der Waals surface area contributed by atoms with Gasteiger partial charge in [0.05, 0.1) is 11.9 Å². The molecule has 5 heteroatoms. The number of carbonyl (C=O) groups is 1. The van der Waals surface area contributed by atoms with E-state index in [1.807, 2.05) is 25.3 Å². The van der Waals surface area contributed by atoms with Crippen molar-refractivity contribution >= 4 is 11.8 Å². The highest BCUT2D eigenvalue weighted by atomic mass is 16.4. The van der Waals surface area contributed by atoms with Crippen LogP contribution in [0.4, 0.5) is 10.5 Å². The Morgan fingerprint density at radius 1 is 1.59 bits per heavy atom. The summed E-state index contributed by atoms with van der Waals surface area (Å²) in [5.74, 6) is 0. The van der Waals surface area contributed by atoms with Gasteiger partial charge in [-0.1, -0.05) is 0 Å². The van der Waals surface area contributed by atoms with Crippen LogP contribution in [0.2, 0.25) is 0 Å². The molecule has 0 bridgehead atoms. The van der Waals surface area contributed by atoms with Gasteiger partial charge in [0.25, 0.3) is 0 Å². The zero-order valence-corrected chi connectivity index (χ0v) is 9.89. The second kappa shape index (κ2) is 5.03. The predicted octanol–water partition coefficient (Wildman–Crippen LogP) is 1.63. The van der Waals surface area contributed by atoms with Crippen LogP contribution in [-0.4, -0.2) is 35.3 Å². The molecule has 2 rings (SSSR count). The largest absolute Gasteiger partial charge is 0.465 e. The lowest BCUT2D eigenvalue weighted by molar-refractivity contribution is 0.188. The Bertz CT molecular complexity index is 391. The number of carboxylic acid groups (broad SMARTS) is 1. The third kappa shape index (κ3) is 3.09. The van der Waals surface area contributed by atoms with Gasteiger partial charge in [-0.15, -0.1) is 0 Å². The van der Waals surface area contributed by atoms with Gasteiger partial charge in [0, 0.05) is 24.8 Å². The molecular formula is C12H17N3O2. The van der Waals surface area contributed by atoms with Crippen molar-refractivity contribution < 1.29 is 9.90 Å². The van der Waals surface area contributed by atoms with Gasteiger partial charge in [-0.2, -0.15) is 0 Å². The molecular weight excluding hydrogens is 218 g/mol. The minimum atomic E-state index is -0.945. The van der Waals surface area contributed by atoms with E-state index in [9.17, 15) is 4.79 Å². The average molecular weight is 235 g/mol. The summed E-state index contributed by atoms with van der Waals surface area (Å²) < 4.78 is 0. The zero-order chi connectivity index (χ0) is 12.3. The van der Waals surface area contributed by atoms with Crippen LogP contribution in [0.25, 0.3) is 0 Å². The lowest BCUT2D eigenvalue weighted by Crippen LogP contribution is -2.47. The zero-order valence-electron chi connectivity index (χ0n) is 9.89. The lowest BCUT2D eigenvalue weighted by atomic mass is 10.1. The summed E-state index contributed by atoms with van der Waals surface area (Å²) >= 11 is 0. The van der Waals surface area contributed by atoms with Crippen LogP contribution in [0.3, 0.4) is 0 Å². The summed E-state index contributed by atoms with van der Waals surface area (Å²) in [5, 5.41) is 11.3. The molecule has 0 saturated carbocycles. The molecule has 1 aromatic rings. The summed E-state index contributed by atoms with van der Waals surface area (Å²) in [5.41, 5.74) is 2.05. The molecule has 2 heterocycles. The van der Waals surface area contributed by atoms with E-state index in [2.05, 4.69) is 15.2 Å². The van der Waals surface area contributed by atoms with Crippen LogP contribution in [0.5, 0.6) is 0 Å². The number of nitrogens with zero attached hydrogens (tertiary/aromatic N) is 2. The molecule has 1 aliphatic heterocycles. The topological polar surface area (TPSA) is 65.5 Å². The first kappa shape index (κ1) is 11.7. The highest BCUT2D eigenvalue weighted by Crippen LogP contribution is 2.19.